The van der Waals surface area contributed by atoms with Crippen molar-refractivity contribution in [2.75, 3.05) is 9.80 Å². The average Bonchev–Trinajstić information content (AvgIpc) is 3.96. The minimum atomic E-state index is 0.424. The van der Waals surface area contributed by atoms with E-state index in [0.717, 1.165) is 99.5 Å². The highest BCUT2D eigenvalue weighted by Gasteiger charge is 2.26. The molecule has 0 spiro atoms. The van der Waals surface area contributed by atoms with Crippen LogP contribution in [-0.4, -0.2) is 0 Å². The van der Waals surface area contributed by atoms with Gasteiger partial charge in [-0.25, -0.2) is 0 Å². The SMILES string of the molecule is CC(C)c1ccc(N(c2cccc3ccccc23)c2cc3oc4c(ccc5oc6cc(N(c7ccc(C(C)C)cc7)c7cccc8ccccc78)c7ccccc7c6c54)c3c3ccccc23)cc1. The summed E-state index contributed by atoms with van der Waals surface area (Å²) in [7, 11) is 0. The van der Waals surface area contributed by atoms with E-state index >= 15 is 0 Å². The second-order valence-electron chi connectivity index (χ2n) is 18.8. The molecule has 0 radical (unpaired) electrons. The molecule has 0 atom stereocenters. The van der Waals surface area contributed by atoms with Crippen molar-refractivity contribution >= 4 is 121 Å². The molecular formula is C64H48N2O2. The van der Waals surface area contributed by atoms with E-state index in [9.17, 15) is 0 Å². The summed E-state index contributed by atoms with van der Waals surface area (Å²) in [5.74, 6) is 0.847. The smallest absolute Gasteiger partial charge is 0.147 e. The number of benzene rings is 11. The summed E-state index contributed by atoms with van der Waals surface area (Å²) in [4.78, 5) is 4.82. The van der Waals surface area contributed by atoms with E-state index in [1.807, 2.05) is 0 Å². The lowest BCUT2D eigenvalue weighted by Gasteiger charge is -2.28. The Bertz CT molecular complexity index is 4090. The zero-order valence-electron chi connectivity index (χ0n) is 38.5. The fourth-order valence-corrected chi connectivity index (χ4v) is 10.8. The number of furan rings is 2. The molecule has 11 aromatic carbocycles. The van der Waals surface area contributed by atoms with Crippen LogP contribution in [0.1, 0.15) is 50.7 Å². The van der Waals surface area contributed by atoms with Gasteiger partial charge in [-0.2, -0.15) is 0 Å². The second-order valence-corrected chi connectivity index (χ2v) is 18.8. The molecule has 0 aliphatic heterocycles. The van der Waals surface area contributed by atoms with Crippen LogP contribution < -0.4 is 9.80 Å². The van der Waals surface area contributed by atoms with Gasteiger partial charge in [-0.3, -0.25) is 0 Å². The minimum Gasteiger partial charge on any atom is -0.456 e. The number of hydrogen-bond donors (Lipinski definition) is 0. The number of nitrogens with zero attached hydrogens (tertiary/aromatic N) is 2. The number of rotatable bonds is 8. The predicted molar refractivity (Wildman–Crippen MR) is 289 cm³/mol. The summed E-state index contributed by atoms with van der Waals surface area (Å²) >= 11 is 0. The first-order chi connectivity index (χ1) is 33.4. The van der Waals surface area contributed by atoms with Crippen molar-refractivity contribution in [3.8, 4) is 0 Å². The fraction of sp³-hybridized carbons (Fsp3) is 0.0938. The van der Waals surface area contributed by atoms with Crippen LogP contribution >= 0.6 is 0 Å². The van der Waals surface area contributed by atoms with Crippen LogP contribution in [0.25, 0.3) is 87.0 Å². The molecule has 68 heavy (non-hydrogen) atoms. The summed E-state index contributed by atoms with van der Waals surface area (Å²) in [6.07, 6.45) is 0. The maximum atomic E-state index is 7.29. The Morgan fingerprint density at radius 1 is 0.309 bits per heavy atom. The lowest BCUT2D eigenvalue weighted by Crippen LogP contribution is -2.11. The predicted octanol–water partition coefficient (Wildman–Crippen LogP) is 19.3. The molecule has 0 saturated carbocycles. The fourth-order valence-electron chi connectivity index (χ4n) is 10.8. The third-order valence-corrected chi connectivity index (χ3v) is 14.2. The molecule has 0 amide bonds. The van der Waals surface area contributed by atoms with Gasteiger partial charge < -0.3 is 18.6 Å². The van der Waals surface area contributed by atoms with Crippen molar-refractivity contribution in [2.45, 2.75) is 39.5 Å². The molecule has 0 bridgehead atoms. The van der Waals surface area contributed by atoms with E-state index in [-0.39, 0.29) is 0 Å². The monoisotopic (exact) mass is 876 g/mol. The van der Waals surface area contributed by atoms with Gasteiger partial charge in [0.15, 0.2) is 0 Å². The number of hydrogen-bond acceptors (Lipinski definition) is 4. The molecule has 4 nitrogen and oxygen atoms in total. The summed E-state index contributed by atoms with van der Waals surface area (Å²) in [5.41, 5.74) is 12.4. The maximum Gasteiger partial charge on any atom is 0.147 e. The summed E-state index contributed by atoms with van der Waals surface area (Å²) < 4.78 is 14.3. The Balaban J connectivity index is 1.07. The van der Waals surface area contributed by atoms with Gasteiger partial charge in [0.1, 0.15) is 22.3 Å². The Labute approximate surface area is 394 Å². The highest BCUT2D eigenvalue weighted by molar-refractivity contribution is 6.32. The minimum absolute atomic E-state index is 0.424. The van der Waals surface area contributed by atoms with Crippen molar-refractivity contribution in [1.29, 1.82) is 0 Å². The van der Waals surface area contributed by atoms with Gasteiger partial charge in [0, 0.05) is 61.2 Å². The standard InChI is InChI=1S/C64H48N2O2/c1-39(2)41-27-31-45(32-28-41)65(54-25-13-17-43-15-5-7-19-47(43)54)56-37-59-61(51-23-11-9-21-49(51)56)53-35-36-58-63(64(53)68-59)62-52-24-12-10-22-50(52)57(38-60(62)67-58)66(46-33-29-42(30-34-46)40(3)4)55-26-14-18-44-16-6-8-20-48(44)55/h5-40H,1-4H3. The normalized spacial score (nSPS) is 12.1. The molecule has 326 valence electrons. The lowest BCUT2D eigenvalue weighted by atomic mass is 9.97. The van der Waals surface area contributed by atoms with E-state index in [0.29, 0.717) is 11.8 Å². The summed E-state index contributed by atoms with van der Waals surface area (Å²) in [6.45, 7) is 8.98. The van der Waals surface area contributed by atoms with Crippen LogP contribution in [0.15, 0.2) is 215 Å². The van der Waals surface area contributed by atoms with Gasteiger partial charge in [0.05, 0.1) is 28.1 Å². The Morgan fingerprint density at radius 2 is 0.735 bits per heavy atom. The zero-order valence-corrected chi connectivity index (χ0v) is 38.5. The molecule has 13 aromatic rings. The Morgan fingerprint density at radius 3 is 1.24 bits per heavy atom. The topological polar surface area (TPSA) is 32.8 Å². The Kier molecular flexibility index (Phi) is 9.20. The van der Waals surface area contributed by atoms with Crippen LogP contribution in [0.4, 0.5) is 34.1 Å². The van der Waals surface area contributed by atoms with E-state index in [1.165, 1.54) is 32.7 Å². The molecule has 0 fully saturated rings. The molecule has 13 rings (SSSR count). The second kappa shape index (κ2) is 15.6. The Hall–Kier alpha value is -8.34. The van der Waals surface area contributed by atoms with Gasteiger partial charge in [-0.15, -0.1) is 0 Å². The van der Waals surface area contributed by atoms with Crippen LogP contribution in [0.5, 0.6) is 0 Å². The third-order valence-electron chi connectivity index (χ3n) is 14.2. The zero-order chi connectivity index (χ0) is 45.6. The van der Waals surface area contributed by atoms with Crippen molar-refractivity contribution in [1.82, 2.24) is 0 Å². The molecule has 0 N–H and O–H groups in total. The first-order valence-electron chi connectivity index (χ1n) is 23.8. The third kappa shape index (κ3) is 6.21. The van der Waals surface area contributed by atoms with Crippen LogP contribution in [0.3, 0.4) is 0 Å². The molecule has 0 aliphatic carbocycles. The van der Waals surface area contributed by atoms with Gasteiger partial charge in [0.2, 0.25) is 0 Å². The van der Waals surface area contributed by atoms with E-state index < -0.39 is 0 Å². The maximum absolute atomic E-state index is 7.29. The molecule has 0 aliphatic rings. The highest BCUT2D eigenvalue weighted by Crippen LogP contribution is 2.51. The van der Waals surface area contributed by atoms with Crippen molar-refractivity contribution < 1.29 is 8.83 Å². The quantitative estimate of drug-likeness (QED) is 0.152. The molecule has 4 heteroatoms. The van der Waals surface area contributed by atoms with Crippen LogP contribution in [0, 0.1) is 0 Å². The van der Waals surface area contributed by atoms with Gasteiger partial charge in [-0.1, -0.05) is 173 Å². The van der Waals surface area contributed by atoms with Crippen molar-refractivity contribution in [3.63, 3.8) is 0 Å². The van der Waals surface area contributed by atoms with Crippen molar-refractivity contribution in [3.05, 3.63) is 217 Å². The number of fused-ring (bicyclic) bond motifs is 13. The molecule has 2 heterocycles. The summed E-state index contributed by atoms with van der Waals surface area (Å²) in [6, 6.07) is 74.9. The number of anilines is 6. The lowest BCUT2D eigenvalue weighted by molar-refractivity contribution is 0.663. The van der Waals surface area contributed by atoms with E-state index in [2.05, 4.69) is 244 Å². The van der Waals surface area contributed by atoms with E-state index in [1.54, 1.807) is 0 Å². The van der Waals surface area contributed by atoms with Crippen LogP contribution in [-0.2, 0) is 0 Å². The molecule has 0 saturated heterocycles. The van der Waals surface area contributed by atoms with Gasteiger partial charge >= 0.3 is 0 Å². The van der Waals surface area contributed by atoms with Gasteiger partial charge in [-0.05, 0) is 93.0 Å². The largest absolute Gasteiger partial charge is 0.456 e. The molecule has 2 aromatic heterocycles. The highest BCUT2D eigenvalue weighted by atomic mass is 16.3. The van der Waals surface area contributed by atoms with E-state index in [4.69, 9.17) is 8.83 Å². The summed E-state index contributed by atoms with van der Waals surface area (Å²) in [5, 5.41) is 13.4. The molecular weight excluding hydrogens is 829 g/mol. The van der Waals surface area contributed by atoms with Gasteiger partial charge in [0.25, 0.3) is 0 Å². The molecule has 0 unspecified atom stereocenters. The van der Waals surface area contributed by atoms with Crippen molar-refractivity contribution in [2.24, 2.45) is 0 Å². The average molecular weight is 877 g/mol. The van der Waals surface area contributed by atoms with Crippen LogP contribution in [0.2, 0.25) is 0 Å². The first kappa shape index (κ1) is 40.0. The first-order valence-corrected chi connectivity index (χ1v) is 23.8.